The molecule has 0 aliphatic heterocycles. The van der Waals surface area contributed by atoms with Gasteiger partial charge in [0.15, 0.2) is 5.15 Å². The minimum atomic E-state index is 0.457. The van der Waals surface area contributed by atoms with Crippen LogP contribution in [0.1, 0.15) is 11.3 Å². The summed E-state index contributed by atoms with van der Waals surface area (Å²) in [7, 11) is 0. The first-order valence-corrected chi connectivity index (χ1v) is 6.00. The fourth-order valence-electron chi connectivity index (χ4n) is 1.88. The summed E-state index contributed by atoms with van der Waals surface area (Å²) in [4.78, 5) is 12.6. The summed E-state index contributed by atoms with van der Waals surface area (Å²) < 4.78 is 0. The van der Waals surface area contributed by atoms with E-state index in [9.17, 15) is 0 Å². The van der Waals surface area contributed by atoms with Crippen molar-refractivity contribution in [1.82, 2.24) is 15.0 Å². The molecule has 18 heavy (non-hydrogen) atoms. The van der Waals surface area contributed by atoms with Crippen LogP contribution in [-0.4, -0.2) is 15.0 Å². The molecule has 1 aromatic carbocycles. The van der Waals surface area contributed by atoms with Crippen molar-refractivity contribution in [3.05, 3.63) is 65.3 Å². The molecule has 0 atom stereocenters. The van der Waals surface area contributed by atoms with Crippen LogP contribution in [0.2, 0.25) is 5.15 Å². The van der Waals surface area contributed by atoms with Gasteiger partial charge >= 0.3 is 0 Å². The lowest BCUT2D eigenvalue weighted by Crippen LogP contribution is -1.95. The molecule has 3 aromatic rings. The van der Waals surface area contributed by atoms with Gasteiger partial charge in [-0.3, -0.25) is 9.97 Å². The molecule has 0 amide bonds. The molecule has 0 saturated carbocycles. The van der Waals surface area contributed by atoms with E-state index in [1.165, 1.54) is 0 Å². The second-order valence-electron chi connectivity index (χ2n) is 4.00. The van der Waals surface area contributed by atoms with Crippen molar-refractivity contribution in [2.24, 2.45) is 0 Å². The first-order chi connectivity index (χ1) is 8.83. The third-order valence-corrected chi connectivity index (χ3v) is 3.08. The van der Waals surface area contributed by atoms with E-state index in [-0.39, 0.29) is 0 Å². The van der Waals surface area contributed by atoms with Crippen LogP contribution < -0.4 is 0 Å². The molecule has 0 N–H and O–H groups in total. The molecule has 3 nitrogen and oxygen atoms in total. The largest absolute Gasteiger partial charge is 0.256 e. The van der Waals surface area contributed by atoms with Crippen molar-refractivity contribution < 1.29 is 0 Å². The Bertz CT molecular complexity index is 697. The van der Waals surface area contributed by atoms with E-state index < -0.39 is 0 Å². The van der Waals surface area contributed by atoms with Crippen LogP contribution >= 0.6 is 11.6 Å². The number of aromatic nitrogens is 3. The topological polar surface area (TPSA) is 38.7 Å². The zero-order valence-electron chi connectivity index (χ0n) is 9.55. The standard InChI is InChI=1S/C14H10ClN3/c15-14-13(17-6-7-18-14)9-10-3-4-11-2-1-5-16-12(11)8-10/h1-8H,9H2. The average Bonchev–Trinajstić information content (AvgIpc) is 2.41. The van der Waals surface area contributed by atoms with Gasteiger partial charge in [-0.1, -0.05) is 29.8 Å². The van der Waals surface area contributed by atoms with Gasteiger partial charge in [-0.15, -0.1) is 0 Å². The summed E-state index contributed by atoms with van der Waals surface area (Å²) in [5.74, 6) is 0. The monoisotopic (exact) mass is 255 g/mol. The Kier molecular flexibility index (Phi) is 2.90. The van der Waals surface area contributed by atoms with Crippen molar-refractivity contribution in [2.75, 3.05) is 0 Å². The third-order valence-electron chi connectivity index (χ3n) is 2.76. The number of benzene rings is 1. The van der Waals surface area contributed by atoms with Crippen LogP contribution in [0.4, 0.5) is 0 Å². The lowest BCUT2D eigenvalue weighted by Gasteiger charge is -2.04. The average molecular weight is 256 g/mol. The maximum absolute atomic E-state index is 6.00. The molecular formula is C14H10ClN3. The number of fused-ring (bicyclic) bond motifs is 1. The van der Waals surface area contributed by atoms with E-state index in [4.69, 9.17) is 11.6 Å². The van der Waals surface area contributed by atoms with Gasteiger partial charge < -0.3 is 0 Å². The Balaban J connectivity index is 1.98. The molecule has 88 valence electrons. The quantitative estimate of drug-likeness (QED) is 0.705. The Morgan fingerprint density at radius 3 is 2.72 bits per heavy atom. The Morgan fingerprint density at radius 2 is 1.83 bits per heavy atom. The van der Waals surface area contributed by atoms with Gasteiger partial charge in [0.25, 0.3) is 0 Å². The smallest absolute Gasteiger partial charge is 0.150 e. The molecule has 3 rings (SSSR count). The lowest BCUT2D eigenvalue weighted by atomic mass is 10.1. The molecule has 0 saturated heterocycles. The van der Waals surface area contributed by atoms with Gasteiger partial charge in [0.05, 0.1) is 11.2 Å². The Labute approximate surface area is 109 Å². The SMILES string of the molecule is Clc1nccnc1Cc1ccc2cccnc2c1. The van der Waals surface area contributed by atoms with Crippen LogP contribution in [-0.2, 0) is 6.42 Å². The van der Waals surface area contributed by atoms with E-state index in [1.54, 1.807) is 18.6 Å². The highest BCUT2D eigenvalue weighted by molar-refractivity contribution is 6.30. The zero-order chi connectivity index (χ0) is 12.4. The molecule has 0 bridgehead atoms. The number of hydrogen-bond donors (Lipinski definition) is 0. The van der Waals surface area contributed by atoms with Gasteiger partial charge in [0.2, 0.25) is 0 Å². The van der Waals surface area contributed by atoms with Gasteiger partial charge in [-0.05, 0) is 17.7 Å². The molecule has 2 heterocycles. The van der Waals surface area contributed by atoms with E-state index in [0.717, 1.165) is 22.2 Å². The fourth-order valence-corrected chi connectivity index (χ4v) is 2.06. The predicted molar refractivity (Wildman–Crippen MR) is 71.6 cm³/mol. The highest BCUT2D eigenvalue weighted by Crippen LogP contribution is 2.18. The predicted octanol–water partition coefficient (Wildman–Crippen LogP) is 3.27. The number of nitrogens with zero attached hydrogens (tertiary/aromatic N) is 3. The first-order valence-electron chi connectivity index (χ1n) is 5.62. The lowest BCUT2D eigenvalue weighted by molar-refractivity contribution is 1.03. The fraction of sp³-hybridized carbons (Fsp3) is 0.0714. The van der Waals surface area contributed by atoms with Gasteiger partial charge in [0, 0.05) is 30.4 Å². The third kappa shape index (κ3) is 2.17. The van der Waals surface area contributed by atoms with Crippen LogP contribution in [0.15, 0.2) is 48.9 Å². The molecule has 0 fully saturated rings. The zero-order valence-corrected chi connectivity index (χ0v) is 10.3. The Hall–Kier alpha value is -2.00. The van der Waals surface area contributed by atoms with Crippen molar-refractivity contribution in [3.63, 3.8) is 0 Å². The van der Waals surface area contributed by atoms with Crippen molar-refractivity contribution in [2.45, 2.75) is 6.42 Å². The molecular weight excluding hydrogens is 246 g/mol. The molecule has 4 heteroatoms. The van der Waals surface area contributed by atoms with Crippen LogP contribution in [0, 0.1) is 0 Å². The minimum Gasteiger partial charge on any atom is -0.256 e. The molecule has 0 aliphatic carbocycles. The number of hydrogen-bond acceptors (Lipinski definition) is 3. The van der Waals surface area contributed by atoms with Crippen LogP contribution in [0.5, 0.6) is 0 Å². The molecule has 2 aromatic heterocycles. The summed E-state index contributed by atoms with van der Waals surface area (Å²) in [6, 6.07) is 10.2. The molecule has 0 spiro atoms. The molecule has 0 aliphatic rings. The maximum Gasteiger partial charge on any atom is 0.150 e. The van der Waals surface area contributed by atoms with E-state index in [2.05, 4.69) is 33.2 Å². The second-order valence-corrected chi connectivity index (χ2v) is 4.36. The van der Waals surface area contributed by atoms with E-state index in [0.29, 0.717) is 11.6 Å². The van der Waals surface area contributed by atoms with Crippen LogP contribution in [0.3, 0.4) is 0 Å². The highest BCUT2D eigenvalue weighted by atomic mass is 35.5. The van der Waals surface area contributed by atoms with Crippen LogP contribution in [0.25, 0.3) is 10.9 Å². The summed E-state index contributed by atoms with van der Waals surface area (Å²) in [6.07, 6.45) is 5.70. The van der Waals surface area contributed by atoms with E-state index in [1.807, 2.05) is 12.1 Å². The first kappa shape index (κ1) is 11.1. The number of pyridine rings is 1. The van der Waals surface area contributed by atoms with Crippen molar-refractivity contribution >= 4 is 22.5 Å². The summed E-state index contributed by atoms with van der Waals surface area (Å²) >= 11 is 6.00. The van der Waals surface area contributed by atoms with Gasteiger partial charge in [0.1, 0.15) is 0 Å². The summed E-state index contributed by atoms with van der Waals surface area (Å²) in [5, 5.41) is 1.59. The van der Waals surface area contributed by atoms with Crippen molar-refractivity contribution in [1.29, 1.82) is 0 Å². The second kappa shape index (κ2) is 4.70. The highest BCUT2D eigenvalue weighted by Gasteiger charge is 2.04. The maximum atomic E-state index is 6.00. The molecule has 0 radical (unpaired) electrons. The number of rotatable bonds is 2. The summed E-state index contributed by atoms with van der Waals surface area (Å²) in [6.45, 7) is 0. The minimum absolute atomic E-state index is 0.457. The van der Waals surface area contributed by atoms with E-state index >= 15 is 0 Å². The Morgan fingerprint density at radius 1 is 0.944 bits per heavy atom. The summed E-state index contributed by atoms with van der Waals surface area (Å²) in [5.41, 5.74) is 2.90. The van der Waals surface area contributed by atoms with Gasteiger partial charge in [-0.25, -0.2) is 4.98 Å². The number of halogens is 1. The molecule has 0 unspecified atom stereocenters. The van der Waals surface area contributed by atoms with Crippen molar-refractivity contribution in [3.8, 4) is 0 Å². The normalized spacial score (nSPS) is 10.7. The van der Waals surface area contributed by atoms with Gasteiger partial charge in [-0.2, -0.15) is 0 Å².